The fourth-order valence-corrected chi connectivity index (χ4v) is 20.7. The first kappa shape index (κ1) is 58.0. The number of pyridine rings is 1. The molecular weight excluding hydrogens is 1350 g/mol. The van der Waals surface area contributed by atoms with Crippen LogP contribution in [-0.2, 0) is 26.5 Å². The molecule has 0 fully saturated rings. The Labute approximate surface area is 569 Å². The first-order valence-electron chi connectivity index (χ1n) is 32.3. The van der Waals surface area contributed by atoms with Gasteiger partial charge in [0.05, 0.1) is 0 Å². The normalized spacial score (nSPS) is 13.1. The van der Waals surface area contributed by atoms with E-state index in [0.717, 1.165) is 117 Å². The number of benzene rings is 13. The Balaban J connectivity index is 0.00000684. The van der Waals surface area contributed by atoms with Crippen LogP contribution in [0.5, 0.6) is 11.5 Å². The van der Waals surface area contributed by atoms with Crippen LogP contribution in [0.25, 0.3) is 106 Å². The Morgan fingerprint density at radius 2 is 0.853 bits per heavy atom. The van der Waals surface area contributed by atoms with Gasteiger partial charge in [0.1, 0.15) is 13.9 Å². The molecule has 3 aliphatic rings. The quantitative estimate of drug-likeness (QED) is 0.101. The number of hydrogen-bond donors (Lipinski definition) is 0. The van der Waals surface area contributed by atoms with E-state index in [-0.39, 0.29) is 26.5 Å². The maximum atomic E-state index is 7.18. The second-order valence-electron chi connectivity index (χ2n) is 25.9. The summed E-state index contributed by atoms with van der Waals surface area (Å²) in [6, 6.07) is 119. The summed E-state index contributed by atoms with van der Waals surface area (Å²) in [5.41, 5.74) is 23.5. The summed E-state index contributed by atoms with van der Waals surface area (Å²) in [4.78, 5) is 9.91. The van der Waals surface area contributed by atoms with E-state index in [1.165, 1.54) is 37.4 Å². The zero-order chi connectivity index (χ0) is 62.7. The molecule has 0 atom stereocenters. The van der Waals surface area contributed by atoms with E-state index in [0.29, 0.717) is 11.5 Å². The number of para-hydroxylation sites is 3. The molecule has 0 unspecified atom stereocenters. The van der Waals surface area contributed by atoms with Crippen LogP contribution >= 0.6 is 0 Å². The van der Waals surface area contributed by atoms with E-state index < -0.39 is 8.07 Å². The number of aromatic nitrogens is 2. The number of hydrogen-bond acceptors (Lipinski definition) is 4. The van der Waals surface area contributed by atoms with Crippen LogP contribution in [0.1, 0.15) is 26.3 Å². The zero-order valence-electron chi connectivity index (χ0n) is 52.5. The van der Waals surface area contributed by atoms with Gasteiger partial charge in [-0.15, -0.1) is 41.5 Å². The minimum atomic E-state index is -3.13. The van der Waals surface area contributed by atoms with Gasteiger partial charge in [-0.1, -0.05) is 250 Å². The molecule has 0 aliphatic carbocycles. The molecule has 0 amide bonds. The number of rotatable bonds is 10. The van der Waals surface area contributed by atoms with Crippen molar-refractivity contribution in [2.24, 2.45) is 0 Å². The number of anilines is 4. The van der Waals surface area contributed by atoms with Crippen molar-refractivity contribution in [2.75, 3.05) is 9.80 Å². The van der Waals surface area contributed by atoms with E-state index >= 15 is 0 Å². The zero-order valence-corrected chi connectivity index (χ0v) is 55.8. The van der Waals surface area contributed by atoms with Crippen LogP contribution in [0.2, 0.25) is 0 Å². The first-order valence-corrected chi connectivity index (χ1v) is 34.3. The van der Waals surface area contributed by atoms with Crippen LogP contribution in [0.4, 0.5) is 22.7 Å². The summed E-state index contributed by atoms with van der Waals surface area (Å²) in [6.45, 7) is 9.08. The molecule has 0 bridgehead atoms. The molecule has 13 aromatic carbocycles. The Kier molecular flexibility index (Phi) is 14.0. The van der Waals surface area contributed by atoms with Crippen LogP contribution in [-0.4, -0.2) is 17.6 Å². The van der Waals surface area contributed by atoms with Gasteiger partial charge in [-0.25, -0.2) is 4.98 Å². The van der Waals surface area contributed by atoms with E-state index in [9.17, 15) is 0 Å². The smallest absolute Gasteiger partial charge is 0.135 e. The Bertz CT molecular complexity index is 5200. The second-order valence-corrected chi connectivity index (χ2v) is 29.6. The molecule has 5 heterocycles. The molecule has 7 heteroatoms. The molecule has 0 saturated carbocycles. The second kappa shape index (κ2) is 23.0. The average molecular weight is 1410 g/mol. The van der Waals surface area contributed by atoms with Gasteiger partial charge in [0.2, 0.25) is 0 Å². The summed E-state index contributed by atoms with van der Waals surface area (Å²) in [6.07, 6.45) is 1.92. The summed E-state index contributed by atoms with van der Waals surface area (Å²) in [7, 11) is -3.13. The molecule has 0 radical (unpaired) electrons. The topological polar surface area (TPSA) is 33.5 Å². The largest absolute Gasteiger partial charge is 0.509 e. The van der Waals surface area contributed by atoms with Gasteiger partial charge < -0.3 is 19.1 Å². The van der Waals surface area contributed by atoms with Gasteiger partial charge in [-0.3, -0.25) is 0 Å². The Morgan fingerprint density at radius 1 is 0.379 bits per heavy atom. The minimum Gasteiger partial charge on any atom is -0.509 e. The van der Waals surface area contributed by atoms with Gasteiger partial charge in [0, 0.05) is 72.5 Å². The molecule has 0 saturated heterocycles. The maximum absolute atomic E-state index is 7.18. The molecule has 1 spiro atoms. The van der Waals surface area contributed by atoms with Crippen LogP contribution in [0.3, 0.4) is 0 Å². The average Bonchev–Trinajstić information content (AvgIpc) is 1.51. The van der Waals surface area contributed by atoms with Crippen molar-refractivity contribution in [3.63, 3.8) is 0 Å². The van der Waals surface area contributed by atoms with Crippen LogP contribution in [0.15, 0.2) is 310 Å². The predicted octanol–water partition coefficient (Wildman–Crippen LogP) is 19.9. The predicted molar refractivity (Wildman–Crippen MR) is 392 cm³/mol. The van der Waals surface area contributed by atoms with Gasteiger partial charge in [0.25, 0.3) is 0 Å². The van der Waals surface area contributed by atoms with Crippen molar-refractivity contribution < 1.29 is 25.8 Å². The van der Waals surface area contributed by atoms with Crippen molar-refractivity contribution in [1.29, 1.82) is 0 Å². The number of nitrogens with zero attached hydrogens (tertiary/aromatic N) is 4. The van der Waals surface area contributed by atoms with Crippen molar-refractivity contribution in [3.8, 4) is 95.2 Å². The third-order valence-corrected chi connectivity index (χ3v) is 24.4. The van der Waals surface area contributed by atoms with Gasteiger partial charge in [-0.2, -0.15) is 12.1 Å². The van der Waals surface area contributed by atoms with Crippen molar-refractivity contribution in [2.45, 2.75) is 26.2 Å². The summed E-state index contributed by atoms with van der Waals surface area (Å²) < 4.78 is 9.41. The van der Waals surface area contributed by atoms with Crippen LogP contribution in [0, 0.1) is 18.8 Å². The maximum Gasteiger partial charge on any atom is 0.135 e. The van der Waals surface area contributed by atoms with Crippen molar-refractivity contribution in [3.05, 3.63) is 334 Å². The molecule has 95 heavy (non-hydrogen) atoms. The number of ether oxygens (including phenoxy) is 1. The molecule has 2 aromatic heterocycles. The van der Waals surface area contributed by atoms with Gasteiger partial charge in [0.15, 0.2) is 0 Å². The SMILES string of the molecule is CC(C)(C)c1ccnc(-n2c3[c-]c(Oc4[c-]c5c(cc4)[Si]4(c6ccccc6-c6ccccc64)c4cccc6c4N5[CH-]N6c4c(-c5cc(-c6ccccc6)cc(-c6ccccc6)c5)cccc4-c4cc(-c5ccccc5)cc(-c5ccccc5)c4)ccc3c3ccccc32)c1.[Pt]. The van der Waals surface area contributed by atoms with Gasteiger partial charge in [-0.05, 0) is 159 Å². The molecule has 0 N–H and O–H groups in total. The standard InChI is InChI=1S/C88H61N4OSi.Pt/c1-88(2,3)68-46-47-89-85(54-68)92-77-37-19-16-32-73(77)74-44-42-69(55-79(74)92)93-70-43-45-83-80(56-70)91-57-90(78-38-23-41-84(87(78)91)94(83)81-39-20-17-33-75(81)76-34-18-21-40-82(76)94)86-71(66-50-62(58-24-8-4-9-25-58)48-63(51-66)59-26-10-5-11-27-59)35-22-36-72(86)67-52-64(60-28-12-6-13-29-60)49-65(53-67)61-30-14-7-15-31-61;/h4-54,57H,1-3H3;/q-3;. The van der Waals surface area contributed by atoms with E-state index in [4.69, 9.17) is 9.72 Å². The van der Waals surface area contributed by atoms with Crippen molar-refractivity contribution >= 4 is 73.4 Å². The number of fused-ring (bicyclic) bond motifs is 12. The fourth-order valence-electron chi connectivity index (χ4n) is 15.2. The van der Waals surface area contributed by atoms with Crippen molar-refractivity contribution in [1.82, 2.24) is 9.55 Å². The molecule has 5 nitrogen and oxygen atoms in total. The third-order valence-electron chi connectivity index (χ3n) is 19.5. The van der Waals surface area contributed by atoms with Gasteiger partial charge >= 0.3 is 0 Å². The van der Waals surface area contributed by atoms with E-state index in [1.54, 1.807) is 0 Å². The summed E-state index contributed by atoms with van der Waals surface area (Å²) in [5.74, 6) is 2.03. The first-order chi connectivity index (χ1) is 46.2. The molecule has 456 valence electrons. The van der Waals surface area contributed by atoms with E-state index in [1.807, 2.05) is 12.3 Å². The summed E-state index contributed by atoms with van der Waals surface area (Å²) in [5, 5.41) is 7.55. The molecule has 3 aliphatic heterocycles. The van der Waals surface area contributed by atoms with Crippen LogP contribution < -0.4 is 35.3 Å². The monoisotopic (exact) mass is 1410 g/mol. The fraction of sp³-hybridized carbons (Fsp3) is 0.0455. The third kappa shape index (κ3) is 9.49. The molecule has 15 aromatic rings. The Hall–Kier alpha value is -10.9. The molecular formula is C88H61N4OPtSi-3. The Morgan fingerprint density at radius 3 is 1.42 bits per heavy atom. The minimum absolute atomic E-state index is 0. The molecule has 18 rings (SSSR count). The van der Waals surface area contributed by atoms with E-state index in [2.05, 4.69) is 351 Å². The summed E-state index contributed by atoms with van der Waals surface area (Å²) >= 11 is 0.